The fourth-order valence-corrected chi connectivity index (χ4v) is 2.88. The van der Waals surface area contributed by atoms with Crippen LogP contribution in [0.15, 0.2) is 78.9 Å². The molecular weight excluding hydrogens is 364 g/mol. The Morgan fingerprint density at radius 3 is 2.28 bits per heavy atom. The van der Waals surface area contributed by atoms with Gasteiger partial charge in [0.2, 0.25) is 0 Å². The van der Waals surface area contributed by atoms with Crippen LogP contribution in [0, 0.1) is 0 Å². The fraction of sp³-hybridized carbons (Fsp3) is 0.167. The summed E-state index contributed by atoms with van der Waals surface area (Å²) in [6.07, 6.45) is 0.0256. The Hall–Kier alpha value is -3.60. The second-order valence-corrected chi connectivity index (χ2v) is 6.93. The lowest BCUT2D eigenvalue weighted by molar-refractivity contribution is 0.0990. The molecule has 0 unspecified atom stereocenters. The molecule has 0 saturated heterocycles. The van der Waals surface area contributed by atoms with E-state index in [4.69, 9.17) is 4.74 Å². The molecule has 0 fully saturated rings. The van der Waals surface area contributed by atoms with E-state index in [1.165, 1.54) is 0 Å². The highest BCUT2D eigenvalue weighted by Crippen LogP contribution is 2.19. The number of amides is 2. The van der Waals surface area contributed by atoms with Gasteiger partial charge in [-0.25, -0.2) is 0 Å². The molecular formula is C24H24N2O3. The quantitative estimate of drug-likeness (QED) is 0.646. The summed E-state index contributed by atoms with van der Waals surface area (Å²) in [5.41, 5.74) is 2.33. The topological polar surface area (TPSA) is 58.6 Å². The third-order valence-corrected chi connectivity index (χ3v) is 4.28. The van der Waals surface area contributed by atoms with E-state index in [-0.39, 0.29) is 17.9 Å². The average molecular weight is 388 g/mol. The fourth-order valence-electron chi connectivity index (χ4n) is 2.88. The minimum Gasteiger partial charge on any atom is -0.491 e. The molecule has 0 atom stereocenters. The molecule has 1 N–H and O–H groups in total. The molecule has 3 rings (SSSR count). The highest BCUT2D eigenvalue weighted by Gasteiger charge is 2.15. The van der Waals surface area contributed by atoms with Crippen LogP contribution in [0.2, 0.25) is 0 Å². The van der Waals surface area contributed by atoms with E-state index >= 15 is 0 Å². The number of carbonyl (C=O) groups excluding carboxylic acids is 2. The van der Waals surface area contributed by atoms with Crippen LogP contribution in [-0.4, -0.2) is 25.0 Å². The molecule has 0 radical (unpaired) electrons. The zero-order chi connectivity index (χ0) is 20.8. The van der Waals surface area contributed by atoms with Crippen LogP contribution in [0.1, 0.15) is 34.6 Å². The normalized spacial score (nSPS) is 10.5. The number of nitrogens with one attached hydrogen (secondary N) is 1. The van der Waals surface area contributed by atoms with Crippen LogP contribution < -0.4 is 15.0 Å². The van der Waals surface area contributed by atoms with Crippen molar-refractivity contribution in [2.24, 2.45) is 0 Å². The highest BCUT2D eigenvalue weighted by atomic mass is 16.5. The SMILES string of the molecule is CC(C)Oc1cccc(C(=O)Nc2cccc(C(=O)N(C)c3ccccc3)c2)c1. The van der Waals surface area contributed by atoms with Gasteiger partial charge in [-0.3, -0.25) is 9.59 Å². The first-order chi connectivity index (χ1) is 13.9. The largest absolute Gasteiger partial charge is 0.491 e. The second-order valence-electron chi connectivity index (χ2n) is 6.93. The molecule has 29 heavy (non-hydrogen) atoms. The maximum absolute atomic E-state index is 12.8. The summed E-state index contributed by atoms with van der Waals surface area (Å²) in [4.78, 5) is 27.0. The van der Waals surface area contributed by atoms with Crippen molar-refractivity contribution in [3.8, 4) is 5.75 Å². The molecule has 3 aromatic rings. The van der Waals surface area contributed by atoms with E-state index in [0.29, 0.717) is 22.6 Å². The standard InChI is InChI=1S/C24H24N2O3/c1-17(2)29-22-14-8-9-18(16-22)23(27)25-20-11-7-10-19(15-20)24(28)26(3)21-12-5-4-6-13-21/h4-17H,1-3H3,(H,25,27). The third-order valence-electron chi connectivity index (χ3n) is 4.28. The molecule has 0 aliphatic heterocycles. The first-order valence-electron chi connectivity index (χ1n) is 9.45. The van der Waals surface area contributed by atoms with Crippen molar-refractivity contribution in [3.63, 3.8) is 0 Å². The van der Waals surface area contributed by atoms with Gasteiger partial charge < -0.3 is 15.0 Å². The molecule has 0 spiro atoms. The third kappa shape index (κ3) is 5.23. The predicted octanol–water partition coefficient (Wildman–Crippen LogP) is 5.00. The number of benzene rings is 3. The summed E-state index contributed by atoms with van der Waals surface area (Å²) in [6, 6.07) is 23.3. The molecule has 3 aromatic carbocycles. The van der Waals surface area contributed by atoms with Crippen molar-refractivity contribution in [1.82, 2.24) is 0 Å². The zero-order valence-corrected chi connectivity index (χ0v) is 16.8. The second kappa shape index (κ2) is 9.06. The Kier molecular flexibility index (Phi) is 6.29. The van der Waals surface area contributed by atoms with Crippen molar-refractivity contribution >= 4 is 23.2 Å². The van der Waals surface area contributed by atoms with E-state index in [1.54, 1.807) is 54.4 Å². The van der Waals surface area contributed by atoms with Crippen LogP contribution in [-0.2, 0) is 0 Å². The summed E-state index contributed by atoms with van der Waals surface area (Å²) < 4.78 is 5.64. The van der Waals surface area contributed by atoms with Crippen LogP contribution in [0.3, 0.4) is 0 Å². The number of anilines is 2. The van der Waals surface area contributed by atoms with Crippen LogP contribution in [0.25, 0.3) is 0 Å². The molecule has 0 saturated carbocycles. The Morgan fingerprint density at radius 2 is 1.55 bits per heavy atom. The van der Waals surface area contributed by atoms with E-state index < -0.39 is 0 Å². The number of nitrogens with zero attached hydrogens (tertiary/aromatic N) is 1. The van der Waals surface area contributed by atoms with Gasteiger partial charge in [-0.05, 0) is 62.4 Å². The lowest BCUT2D eigenvalue weighted by atomic mass is 10.1. The average Bonchev–Trinajstić information content (AvgIpc) is 2.73. The number of para-hydroxylation sites is 1. The van der Waals surface area contributed by atoms with Gasteiger partial charge in [0.05, 0.1) is 6.10 Å². The van der Waals surface area contributed by atoms with Crippen LogP contribution in [0.4, 0.5) is 11.4 Å². The van der Waals surface area contributed by atoms with Crippen molar-refractivity contribution in [2.45, 2.75) is 20.0 Å². The molecule has 0 aliphatic carbocycles. The Bertz CT molecular complexity index is 1000. The van der Waals surface area contributed by atoms with Gasteiger partial charge in [0.25, 0.3) is 11.8 Å². The van der Waals surface area contributed by atoms with Gasteiger partial charge in [-0.2, -0.15) is 0 Å². The smallest absolute Gasteiger partial charge is 0.258 e. The highest BCUT2D eigenvalue weighted by molar-refractivity contribution is 6.08. The molecule has 0 aromatic heterocycles. The number of rotatable bonds is 6. The number of carbonyl (C=O) groups is 2. The summed E-state index contributed by atoms with van der Waals surface area (Å²) in [5, 5.41) is 2.85. The van der Waals surface area contributed by atoms with E-state index in [2.05, 4.69) is 5.32 Å². The summed E-state index contributed by atoms with van der Waals surface area (Å²) >= 11 is 0. The lowest BCUT2D eigenvalue weighted by Crippen LogP contribution is -2.26. The molecule has 2 amide bonds. The Morgan fingerprint density at radius 1 is 0.862 bits per heavy atom. The first-order valence-corrected chi connectivity index (χ1v) is 9.45. The lowest BCUT2D eigenvalue weighted by Gasteiger charge is -2.18. The van der Waals surface area contributed by atoms with Crippen molar-refractivity contribution in [3.05, 3.63) is 90.0 Å². The molecule has 0 heterocycles. The Labute approximate surface area is 170 Å². The van der Waals surface area contributed by atoms with Crippen molar-refractivity contribution < 1.29 is 14.3 Å². The molecule has 0 aliphatic rings. The number of hydrogen-bond acceptors (Lipinski definition) is 3. The summed E-state index contributed by atoms with van der Waals surface area (Å²) in [7, 11) is 1.73. The summed E-state index contributed by atoms with van der Waals surface area (Å²) in [6.45, 7) is 3.86. The first kappa shape index (κ1) is 20.1. The van der Waals surface area contributed by atoms with Gasteiger partial charge in [0.15, 0.2) is 0 Å². The number of ether oxygens (including phenoxy) is 1. The van der Waals surface area contributed by atoms with E-state index in [9.17, 15) is 9.59 Å². The Balaban J connectivity index is 1.74. The van der Waals surface area contributed by atoms with Crippen LogP contribution in [0.5, 0.6) is 5.75 Å². The summed E-state index contributed by atoms with van der Waals surface area (Å²) in [5.74, 6) is 0.223. The van der Waals surface area contributed by atoms with Crippen molar-refractivity contribution in [2.75, 3.05) is 17.3 Å². The van der Waals surface area contributed by atoms with Crippen LogP contribution >= 0.6 is 0 Å². The minimum atomic E-state index is -0.264. The van der Waals surface area contributed by atoms with Gasteiger partial charge in [-0.1, -0.05) is 30.3 Å². The minimum absolute atomic E-state index is 0.0256. The molecule has 5 heteroatoms. The van der Waals surface area contributed by atoms with Gasteiger partial charge in [0, 0.05) is 29.5 Å². The van der Waals surface area contributed by atoms with Gasteiger partial charge in [0.1, 0.15) is 5.75 Å². The van der Waals surface area contributed by atoms with Gasteiger partial charge >= 0.3 is 0 Å². The molecule has 5 nitrogen and oxygen atoms in total. The molecule has 0 bridgehead atoms. The van der Waals surface area contributed by atoms with Gasteiger partial charge in [-0.15, -0.1) is 0 Å². The van der Waals surface area contributed by atoms with E-state index in [0.717, 1.165) is 5.69 Å². The monoisotopic (exact) mass is 388 g/mol. The predicted molar refractivity (Wildman–Crippen MR) is 116 cm³/mol. The number of hydrogen-bond donors (Lipinski definition) is 1. The maximum Gasteiger partial charge on any atom is 0.258 e. The van der Waals surface area contributed by atoms with E-state index in [1.807, 2.05) is 50.2 Å². The zero-order valence-electron chi connectivity index (χ0n) is 16.8. The molecule has 148 valence electrons. The van der Waals surface area contributed by atoms with Crippen molar-refractivity contribution in [1.29, 1.82) is 0 Å². The maximum atomic E-state index is 12.8.